The number of benzene rings is 1. The number of carbonyl (C=O) groups is 1. The van der Waals surface area contributed by atoms with E-state index in [0.717, 1.165) is 6.07 Å². The largest absolute Gasteiger partial charge is 0.478 e. The maximum atomic E-state index is 13.6. The Balaban J connectivity index is 2.23. The minimum Gasteiger partial charge on any atom is -0.478 e. The van der Waals surface area contributed by atoms with Crippen molar-refractivity contribution >= 4 is 27.6 Å². The molecular weight excluding hydrogens is 336 g/mol. The molecule has 0 aliphatic rings. The molecule has 1 aromatic heterocycles. The minimum absolute atomic E-state index is 0.0292. The fourth-order valence-electron chi connectivity index (χ4n) is 1.69. The zero-order valence-electron chi connectivity index (χ0n) is 10.3. The summed E-state index contributed by atoms with van der Waals surface area (Å²) in [6.45, 7) is 0.0487. The first kappa shape index (κ1) is 14.4. The molecule has 20 heavy (non-hydrogen) atoms. The van der Waals surface area contributed by atoms with Crippen LogP contribution in [0.4, 0.5) is 14.5 Å². The van der Waals surface area contributed by atoms with Crippen molar-refractivity contribution in [1.29, 1.82) is 0 Å². The molecule has 8 heteroatoms. The zero-order chi connectivity index (χ0) is 14.9. The normalized spacial score (nSPS) is 10.6. The lowest BCUT2D eigenvalue weighted by molar-refractivity contribution is 0.0695. The highest BCUT2D eigenvalue weighted by Gasteiger charge is 2.15. The summed E-state index contributed by atoms with van der Waals surface area (Å²) in [7, 11) is 1.58. The zero-order valence-corrected chi connectivity index (χ0v) is 11.9. The Morgan fingerprint density at radius 3 is 2.80 bits per heavy atom. The number of hydrogen-bond donors (Lipinski definition) is 2. The van der Waals surface area contributed by atoms with E-state index in [9.17, 15) is 13.6 Å². The number of anilines is 1. The molecule has 0 amide bonds. The van der Waals surface area contributed by atoms with Crippen molar-refractivity contribution in [1.82, 2.24) is 9.78 Å². The molecule has 0 aliphatic carbocycles. The van der Waals surface area contributed by atoms with E-state index in [2.05, 4.69) is 26.3 Å². The fourth-order valence-corrected chi connectivity index (χ4v) is 2.03. The van der Waals surface area contributed by atoms with Crippen molar-refractivity contribution in [3.63, 3.8) is 0 Å². The summed E-state index contributed by atoms with van der Waals surface area (Å²) in [5.41, 5.74) is 0.481. The Morgan fingerprint density at radius 2 is 2.15 bits per heavy atom. The molecule has 2 rings (SSSR count). The van der Waals surface area contributed by atoms with Crippen molar-refractivity contribution in [2.24, 2.45) is 7.05 Å². The topological polar surface area (TPSA) is 67.2 Å². The van der Waals surface area contributed by atoms with Gasteiger partial charge >= 0.3 is 5.97 Å². The standard InChI is InChI=1S/C12H10BrF2N3O2/c1-18-11(6(4-17-18)12(19)20)5-16-10-2-7(13)8(14)3-9(10)15/h2-4,16H,5H2,1H3,(H,19,20). The van der Waals surface area contributed by atoms with Gasteiger partial charge in [-0.3, -0.25) is 4.68 Å². The Labute approximate surface area is 121 Å². The van der Waals surface area contributed by atoms with Gasteiger partial charge in [-0.25, -0.2) is 13.6 Å². The van der Waals surface area contributed by atoms with Gasteiger partial charge in [-0.1, -0.05) is 0 Å². The number of nitrogens with zero attached hydrogens (tertiary/aromatic N) is 2. The molecule has 2 N–H and O–H groups in total. The first-order chi connectivity index (χ1) is 9.40. The first-order valence-corrected chi connectivity index (χ1v) is 6.32. The Hall–Kier alpha value is -1.96. The van der Waals surface area contributed by atoms with Gasteiger partial charge in [-0.05, 0) is 22.0 Å². The Kier molecular flexibility index (Phi) is 4.03. The Bertz CT molecular complexity index is 673. The molecule has 0 spiro atoms. The highest BCUT2D eigenvalue weighted by molar-refractivity contribution is 9.10. The van der Waals surface area contributed by atoms with E-state index in [1.807, 2.05) is 0 Å². The van der Waals surface area contributed by atoms with Gasteiger partial charge in [0.1, 0.15) is 17.2 Å². The molecule has 2 aromatic rings. The van der Waals surface area contributed by atoms with Crippen LogP contribution in [0.1, 0.15) is 16.1 Å². The second-order valence-electron chi connectivity index (χ2n) is 4.03. The number of hydrogen-bond acceptors (Lipinski definition) is 3. The fraction of sp³-hybridized carbons (Fsp3) is 0.167. The van der Waals surface area contributed by atoms with Crippen LogP contribution >= 0.6 is 15.9 Å². The summed E-state index contributed by atoms with van der Waals surface area (Å²) in [4.78, 5) is 11.0. The third-order valence-corrected chi connectivity index (χ3v) is 3.36. The molecule has 1 aromatic carbocycles. The summed E-state index contributed by atoms with van der Waals surface area (Å²) in [5, 5.41) is 15.6. The molecule has 0 radical (unpaired) electrons. The maximum absolute atomic E-state index is 13.6. The third-order valence-electron chi connectivity index (χ3n) is 2.75. The lowest BCUT2D eigenvalue weighted by Gasteiger charge is -2.09. The van der Waals surface area contributed by atoms with Gasteiger partial charge < -0.3 is 10.4 Å². The van der Waals surface area contributed by atoms with E-state index in [4.69, 9.17) is 5.11 Å². The molecule has 0 unspecified atom stereocenters. The Morgan fingerprint density at radius 1 is 1.45 bits per heavy atom. The highest BCUT2D eigenvalue weighted by atomic mass is 79.9. The highest BCUT2D eigenvalue weighted by Crippen LogP contribution is 2.24. The number of rotatable bonds is 4. The van der Waals surface area contributed by atoms with Crippen molar-refractivity contribution in [2.45, 2.75) is 6.54 Å². The SMILES string of the molecule is Cn1ncc(C(=O)O)c1CNc1cc(Br)c(F)cc1F. The monoisotopic (exact) mass is 345 g/mol. The number of carboxylic acids is 1. The molecule has 0 saturated heterocycles. The second-order valence-corrected chi connectivity index (χ2v) is 4.89. The van der Waals surface area contributed by atoms with Gasteiger partial charge in [0.15, 0.2) is 0 Å². The van der Waals surface area contributed by atoms with E-state index >= 15 is 0 Å². The minimum atomic E-state index is -1.12. The molecule has 106 valence electrons. The number of halogens is 3. The maximum Gasteiger partial charge on any atom is 0.339 e. The van der Waals surface area contributed by atoms with Gasteiger partial charge in [-0.15, -0.1) is 0 Å². The van der Waals surface area contributed by atoms with Crippen molar-refractivity contribution in [3.05, 3.63) is 45.7 Å². The predicted octanol–water partition coefficient (Wildman–Crippen LogP) is 2.77. The smallest absolute Gasteiger partial charge is 0.339 e. The van der Waals surface area contributed by atoms with Crippen LogP contribution in [0.25, 0.3) is 0 Å². The van der Waals surface area contributed by atoms with Crippen LogP contribution < -0.4 is 5.32 Å². The van der Waals surface area contributed by atoms with E-state index in [0.29, 0.717) is 5.69 Å². The van der Waals surface area contributed by atoms with Crippen LogP contribution in [0, 0.1) is 11.6 Å². The number of aryl methyl sites for hydroxylation is 1. The van der Waals surface area contributed by atoms with E-state index < -0.39 is 17.6 Å². The van der Waals surface area contributed by atoms with Crippen LogP contribution in [0.15, 0.2) is 22.8 Å². The van der Waals surface area contributed by atoms with E-state index in [1.165, 1.54) is 16.9 Å². The number of aromatic nitrogens is 2. The summed E-state index contributed by atoms with van der Waals surface area (Å²) in [5.74, 6) is -2.58. The van der Waals surface area contributed by atoms with Gasteiger partial charge in [-0.2, -0.15) is 5.10 Å². The van der Waals surface area contributed by atoms with Gasteiger partial charge in [0.25, 0.3) is 0 Å². The second kappa shape index (κ2) is 5.58. The number of nitrogens with one attached hydrogen (secondary N) is 1. The first-order valence-electron chi connectivity index (χ1n) is 5.52. The molecule has 5 nitrogen and oxygen atoms in total. The van der Waals surface area contributed by atoms with Crippen LogP contribution in [0.5, 0.6) is 0 Å². The summed E-state index contributed by atoms with van der Waals surface area (Å²) in [6, 6.07) is 2.00. The van der Waals surface area contributed by atoms with Crippen molar-refractivity contribution in [2.75, 3.05) is 5.32 Å². The van der Waals surface area contributed by atoms with Crippen LogP contribution in [0.2, 0.25) is 0 Å². The lowest BCUT2D eigenvalue weighted by atomic mass is 10.2. The molecule has 0 bridgehead atoms. The van der Waals surface area contributed by atoms with Gasteiger partial charge in [0.2, 0.25) is 0 Å². The average Bonchev–Trinajstić information content (AvgIpc) is 2.74. The van der Waals surface area contributed by atoms with E-state index in [-0.39, 0.29) is 22.3 Å². The van der Waals surface area contributed by atoms with Crippen LogP contribution in [-0.2, 0) is 13.6 Å². The molecule has 1 heterocycles. The number of carboxylic acid groups (broad SMARTS) is 1. The van der Waals surface area contributed by atoms with E-state index in [1.54, 1.807) is 7.05 Å². The van der Waals surface area contributed by atoms with Gasteiger partial charge in [0, 0.05) is 13.1 Å². The molecule has 0 fully saturated rings. The molecular formula is C12H10BrF2N3O2. The van der Waals surface area contributed by atoms with Crippen molar-refractivity contribution < 1.29 is 18.7 Å². The van der Waals surface area contributed by atoms with Gasteiger partial charge in [0.05, 0.1) is 28.6 Å². The summed E-state index contributed by atoms with van der Waals surface area (Å²) in [6.07, 6.45) is 1.22. The summed E-state index contributed by atoms with van der Waals surface area (Å²) >= 11 is 2.96. The average molecular weight is 346 g/mol. The van der Waals surface area contributed by atoms with Crippen LogP contribution in [0.3, 0.4) is 0 Å². The molecule has 0 aliphatic heterocycles. The molecule has 0 atom stereocenters. The third kappa shape index (κ3) is 2.79. The number of aromatic carboxylic acids is 1. The quantitative estimate of drug-likeness (QED) is 0.836. The summed E-state index contributed by atoms with van der Waals surface area (Å²) < 4.78 is 28.2. The van der Waals surface area contributed by atoms with Crippen LogP contribution in [-0.4, -0.2) is 20.9 Å². The lowest BCUT2D eigenvalue weighted by Crippen LogP contribution is -2.11. The van der Waals surface area contributed by atoms with Crippen molar-refractivity contribution in [3.8, 4) is 0 Å². The predicted molar refractivity (Wildman–Crippen MR) is 71.6 cm³/mol. The molecule has 0 saturated carbocycles.